The Labute approximate surface area is 177 Å². The van der Waals surface area contributed by atoms with Crippen molar-refractivity contribution < 1.29 is 39.2 Å². The van der Waals surface area contributed by atoms with Gasteiger partial charge in [-0.2, -0.15) is 0 Å². The molecule has 2 bridgehead atoms. The third-order valence-corrected chi connectivity index (χ3v) is 5.89. The molecule has 0 N–H and O–H groups in total. The van der Waals surface area contributed by atoms with E-state index in [4.69, 9.17) is 9.47 Å². The molecule has 3 aliphatic rings. The molecule has 0 unspecified atom stereocenters. The summed E-state index contributed by atoms with van der Waals surface area (Å²) in [7, 11) is -8.54. The van der Waals surface area contributed by atoms with Crippen LogP contribution < -0.4 is 4.57 Å². The number of halogens is 6. The van der Waals surface area contributed by atoms with E-state index in [0.29, 0.717) is 13.2 Å². The van der Waals surface area contributed by atoms with Crippen molar-refractivity contribution in [1.29, 1.82) is 0 Å². The Balaban J connectivity index is 0.000000339. The van der Waals surface area contributed by atoms with E-state index in [2.05, 4.69) is 80.5 Å². The van der Waals surface area contributed by atoms with Gasteiger partial charge in [-0.15, -0.1) is 0 Å². The van der Waals surface area contributed by atoms with E-state index in [0.717, 1.165) is 0 Å². The van der Waals surface area contributed by atoms with Gasteiger partial charge in [-0.25, -0.2) is 9.13 Å². The van der Waals surface area contributed by atoms with Gasteiger partial charge >= 0.3 is 33.0 Å². The second-order valence-corrected chi connectivity index (χ2v) is 10.3. The zero-order valence-electron chi connectivity index (χ0n) is 18.0. The van der Waals surface area contributed by atoms with Gasteiger partial charge in [0.25, 0.3) is 5.82 Å². The molecule has 2 aliphatic heterocycles. The number of ether oxygens (including phenoxy) is 2. The van der Waals surface area contributed by atoms with E-state index in [1.807, 2.05) is 0 Å². The topological polar surface area (TPSA) is 27.3 Å². The van der Waals surface area contributed by atoms with E-state index in [1.165, 1.54) is 17.0 Å². The first-order valence-corrected chi connectivity index (χ1v) is 12.0. The summed E-state index contributed by atoms with van der Waals surface area (Å²) < 4.78 is 76.7. The summed E-state index contributed by atoms with van der Waals surface area (Å²) >= 11 is 0. The van der Waals surface area contributed by atoms with Crippen LogP contribution in [0.25, 0.3) is 0 Å². The molecular formula is C20H27F6N2O2P. The van der Waals surface area contributed by atoms with Crippen LogP contribution in [-0.4, -0.2) is 23.6 Å². The number of hydrogen-bond acceptors (Lipinski definition) is 2. The zero-order chi connectivity index (χ0) is 23.5. The normalized spacial score (nSPS) is 24.9. The third-order valence-electron chi connectivity index (χ3n) is 5.89. The molecule has 1 aliphatic carbocycles. The van der Waals surface area contributed by atoms with Crippen molar-refractivity contribution in [3.05, 3.63) is 53.6 Å². The Morgan fingerprint density at radius 2 is 1.45 bits per heavy atom. The zero-order valence-corrected chi connectivity index (χ0v) is 18.9. The fourth-order valence-corrected chi connectivity index (χ4v) is 5.07. The number of fused-ring (bicyclic) bond motifs is 1. The minimum atomic E-state index is -10.7. The molecule has 176 valence electrons. The summed E-state index contributed by atoms with van der Waals surface area (Å²) in [6.07, 6.45) is 4.35. The maximum atomic E-state index is 9.87. The number of benzene rings is 1. The molecule has 5 rings (SSSR count). The second kappa shape index (κ2) is 6.68. The summed E-state index contributed by atoms with van der Waals surface area (Å²) in [5, 5.41) is 0. The molecule has 1 aromatic carbocycles. The van der Waals surface area contributed by atoms with E-state index in [9.17, 15) is 25.2 Å². The molecule has 0 amide bonds. The van der Waals surface area contributed by atoms with Gasteiger partial charge in [0.05, 0.1) is 12.5 Å². The first-order chi connectivity index (χ1) is 13.9. The van der Waals surface area contributed by atoms with Crippen molar-refractivity contribution in [3.8, 4) is 0 Å². The van der Waals surface area contributed by atoms with Crippen LogP contribution in [0, 0.1) is 5.41 Å². The number of hydrogen-bond donors (Lipinski definition) is 0. The van der Waals surface area contributed by atoms with Crippen LogP contribution in [0.3, 0.4) is 0 Å². The van der Waals surface area contributed by atoms with E-state index < -0.39 is 13.6 Å². The summed E-state index contributed by atoms with van der Waals surface area (Å²) in [6, 6.07) is 8.97. The van der Waals surface area contributed by atoms with Crippen LogP contribution in [0.1, 0.15) is 56.6 Å². The van der Waals surface area contributed by atoms with E-state index in [1.54, 1.807) is 0 Å². The molecule has 2 aromatic rings. The molecule has 0 saturated heterocycles. The molecule has 1 aromatic heterocycles. The quantitative estimate of drug-likeness (QED) is 0.219. The summed E-state index contributed by atoms with van der Waals surface area (Å²) in [5.41, 5.74) is 2.55. The first kappa shape index (κ1) is 24.0. The molecule has 3 heterocycles. The predicted molar refractivity (Wildman–Crippen MR) is 105 cm³/mol. The standard InChI is InChI=1S/C20H27N2O2.F6P/c1-6-23-20(24-7-2)16-14-10-8-9-11-15(14)17(19(20,3)4)22-13-12-21(5)18(16)22;1-7(2,3,4,5)6/h8-13,16-17H,6-7H2,1-5H3;/q+1;-1/t16-,17-;/m0./s1. The van der Waals surface area contributed by atoms with Crippen molar-refractivity contribution in [1.82, 2.24) is 4.57 Å². The van der Waals surface area contributed by atoms with Gasteiger partial charge in [-0.3, -0.25) is 0 Å². The van der Waals surface area contributed by atoms with Gasteiger partial charge in [0, 0.05) is 18.8 Å². The molecule has 31 heavy (non-hydrogen) atoms. The van der Waals surface area contributed by atoms with Crippen LogP contribution >= 0.6 is 7.81 Å². The molecule has 11 heteroatoms. The summed E-state index contributed by atoms with van der Waals surface area (Å²) in [5.74, 6) is 0.676. The van der Waals surface area contributed by atoms with Crippen molar-refractivity contribution in [3.63, 3.8) is 0 Å². The van der Waals surface area contributed by atoms with Gasteiger partial charge in [0.15, 0.2) is 5.79 Å². The van der Waals surface area contributed by atoms with Gasteiger partial charge in [-0.05, 0) is 19.4 Å². The van der Waals surface area contributed by atoms with Crippen molar-refractivity contribution in [2.45, 2.75) is 45.4 Å². The van der Waals surface area contributed by atoms with Crippen molar-refractivity contribution in [2.75, 3.05) is 13.2 Å². The van der Waals surface area contributed by atoms with Crippen LogP contribution in [-0.2, 0) is 16.5 Å². The van der Waals surface area contributed by atoms with Crippen LogP contribution in [0.15, 0.2) is 36.7 Å². The molecule has 2 atom stereocenters. The van der Waals surface area contributed by atoms with Gasteiger partial charge in [-0.1, -0.05) is 38.1 Å². The van der Waals surface area contributed by atoms with Crippen LogP contribution in [0.2, 0.25) is 0 Å². The third kappa shape index (κ3) is 4.34. The maximum absolute atomic E-state index is 10.7. The number of nitrogens with zero attached hydrogens (tertiary/aromatic N) is 2. The molecule has 0 radical (unpaired) electrons. The number of aromatic nitrogens is 2. The van der Waals surface area contributed by atoms with E-state index in [-0.39, 0.29) is 17.4 Å². The predicted octanol–water partition coefficient (Wildman–Crippen LogP) is 6.54. The molecular weight excluding hydrogens is 445 g/mol. The van der Waals surface area contributed by atoms with Gasteiger partial charge < -0.3 is 9.47 Å². The average Bonchev–Trinajstić information content (AvgIpc) is 2.97. The van der Waals surface area contributed by atoms with Crippen molar-refractivity contribution >= 4 is 7.81 Å². The Morgan fingerprint density at radius 1 is 0.968 bits per heavy atom. The Hall–Kier alpha value is -1.64. The number of imidazole rings is 1. The molecule has 4 nitrogen and oxygen atoms in total. The van der Waals surface area contributed by atoms with Gasteiger partial charge in [0.2, 0.25) is 0 Å². The van der Waals surface area contributed by atoms with Crippen molar-refractivity contribution in [2.24, 2.45) is 12.5 Å². The Kier molecular flexibility index (Phi) is 5.18. The average molecular weight is 472 g/mol. The monoisotopic (exact) mass is 472 g/mol. The fraction of sp³-hybridized carbons (Fsp3) is 0.550. The fourth-order valence-electron chi connectivity index (χ4n) is 5.07. The molecule has 0 saturated carbocycles. The van der Waals surface area contributed by atoms with Crippen LogP contribution in [0.5, 0.6) is 0 Å². The summed E-state index contributed by atoms with van der Waals surface area (Å²) in [6.45, 7) is 9.97. The minimum absolute atomic E-state index is 0.0635. The Bertz CT molecular complexity index is 970. The number of rotatable bonds is 4. The Morgan fingerprint density at radius 3 is 1.94 bits per heavy atom. The number of aryl methyl sites for hydroxylation is 1. The van der Waals surface area contributed by atoms with Crippen LogP contribution in [0.4, 0.5) is 25.2 Å². The van der Waals surface area contributed by atoms with Gasteiger partial charge in [0.1, 0.15) is 24.4 Å². The second-order valence-electron chi connectivity index (χ2n) is 8.35. The SMILES string of the molecule is CCOC1(OCC)[C@H]2c3ccccc3[C@H]([n+]3ccn(C)c32)C1(C)C.F[P-](F)(F)(F)(F)F. The molecule has 0 spiro atoms. The van der Waals surface area contributed by atoms with E-state index >= 15 is 0 Å². The first-order valence-electron chi connectivity index (χ1n) is 9.94. The molecule has 0 fully saturated rings. The summed E-state index contributed by atoms with van der Waals surface area (Å²) in [4.78, 5) is 0.